The van der Waals surface area contributed by atoms with Gasteiger partial charge in [-0.05, 0) is 61.7 Å². The molecule has 0 spiro atoms. The highest BCUT2D eigenvalue weighted by Gasteiger charge is 2.53. The number of nitrogens with one attached hydrogen (secondary N) is 2. The zero-order valence-corrected chi connectivity index (χ0v) is 20.8. The summed E-state index contributed by atoms with van der Waals surface area (Å²) in [5, 5.41) is 34.3. The first-order valence-corrected chi connectivity index (χ1v) is 12.6. The summed E-state index contributed by atoms with van der Waals surface area (Å²) in [4.78, 5) is 0. The largest absolute Gasteiger partial charge is 0.468 e. The van der Waals surface area contributed by atoms with Crippen LogP contribution in [-0.2, 0) is 0 Å². The first-order chi connectivity index (χ1) is 17.1. The molecule has 0 amide bonds. The molecule has 0 radical (unpaired) electrons. The third-order valence-corrected chi connectivity index (χ3v) is 7.85. The number of hydrogen-bond donors (Lipinski definition) is 4. The van der Waals surface area contributed by atoms with Gasteiger partial charge in [-0.2, -0.15) is 0 Å². The van der Waals surface area contributed by atoms with E-state index in [9.17, 15) is 10.2 Å². The Labute approximate surface area is 209 Å². The molecule has 1 fully saturated rings. The summed E-state index contributed by atoms with van der Waals surface area (Å²) in [6.45, 7) is 7.92. The third kappa shape index (κ3) is 2.98. The minimum absolute atomic E-state index is 0.421. The Bertz CT molecular complexity index is 1430. The van der Waals surface area contributed by atoms with Crippen LogP contribution in [0.15, 0.2) is 60.7 Å². The molecule has 4 aromatic rings. The zero-order valence-electron chi connectivity index (χ0n) is 20.8. The van der Waals surface area contributed by atoms with Crippen LogP contribution in [0.1, 0.15) is 50.7 Å². The van der Waals surface area contributed by atoms with Gasteiger partial charge in [-0.25, -0.2) is 0 Å². The summed E-state index contributed by atoms with van der Waals surface area (Å²) < 4.78 is 12.3. The van der Waals surface area contributed by atoms with E-state index in [1.807, 2.05) is 76.2 Å². The molecule has 0 unspecified atom stereocenters. The Balaban J connectivity index is 1.33. The van der Waals surface area contributed by atoms with Crippen molar-refractivity contribution in [2.24, 2.45) is 0 Å². The van der Waals surface area contributed by atoms with Gasteiger partial charge in [0.1, 0.15) is 11.5 Å². The molecule has 36 heavy (non-hydrogen) atoms. The van der Waals surface area contributed by atoms with E-state index in [0.717, 1.165) is 55.5 Å². The Morgan fingerprint density at radius 3 is 1.44 bits per heavy atom. The number of rotatable bonds is 2. The van der Waals surface area contributed by atoms with E-state index >= 15 is 0 Å². The fourth-order valence-corrected chi connectivity index (χ4v) is 6.36. The average molecular weight is 483 g/mol. The van der Waals surface area contributed by atoms with Crippen molar-refractivity contribution >= 4 is 32.9 Å². The van der Waals surface area contributed by atoms with Crippen LogP contribution >= 0.6 is 0 Å². The van der Waals surface area contributed by atoms with Crippen LogP contribution < -0.4 is 20.1 Å². The molecule has 0 atom stereocenters. The van der Waals surface area contributed by atoms with Crippen molar-refractivity contribution in [2.45, 2.75) is 63.2 Å². The van der Waals surface area contributed by atoms with Gasteiger partial charge >= 0.3 is 0 Å². The number of hydrogen-bond acceptors (Lipinski definition) is 6. The number of aliphatic hydroxyl groups is 2. The molecule has 0 aromatic heterocycles. The molecule has 2 aliphatic heterocycles. The highest BCUT2D eigenvalue weighted by atomic mass is 16.5. The maximum atomic E-state index is 11.6. The lowest BCUT2D eigenvalue weighted by Gasteiger charge is -2.49. The second-order valence-electron chi connectivity index (χ2n) is 11.3. The van der Waals surface area contributed by atoms with Crippen LogP contribution in [-0.4, -0.2) is 33.9 Å². The average Bonchev–Trinajstić information content (AvgIpc) is 2.81. The van der Waals surface area contributed by atoms with Crippen molar-refractivity contribution in [2.75, 3.05) is 10.6 Å². The Morgan fingerprint density at radius 2 is 1.03 bits per heavy atom. The van der Waals surface area contributed by atoms with E-state index in [1.165, 1.54) is 0 Å². The summed E-state index contributed by atoms with van der Waals surface area (Å²) in [5.41, 5.74) is 2.46. The van der Waals surface area contributed by atoms with E-state index in [0.29, 0.717) is 0 Å². The first-order valence-electron chi connectivity index (χ1n) is 12.6. The van der Waals surface area contributed by atoms with Gasteiger partial charge in [0.15, 0.2) is 11.4 Å². The fourth-order valence-electron chi connectivity index (χ4n) is 6.36. The highest BCUT2D eigenvalue weighted by molar-refractivity contribution is 6.03. The predicted octanol–water partition coefficient (Wildman–Crippen LogP) is 5.68. The second kappa shape index (κ2) is 7.05. The fraction of sp³-hybridized carbons (Fsp3) is 0.333. The number of anilines is 2. The molecule has 1 aliphatic carbocycles. The zero-order chi connectivity index (χ0) is 25.0. The van der Waals surface area contributed by atoms with Crippen molar-refractivity contribution < 1.29 is 19.7 Å². The molecule has 1 saturated carbocycles. The molecule has 0 saturated heterocycles. The topological polar surface area (TPSA) is 83.0 Å². The summed E-state index contributed by atoms with van der Waals surface area (Å²) in [6.07, 6.45) is -1.50. The summed E-state index contributed by atoms with van der Waals surface area (Å²) in [5.74, 6) is 0.779. The standard InChI is InChI=1S/C30H30N2O4/c1-29(2)31-25-17(13-11-15-7-5-9-19(35-29)21(15)25)23-27(33)24(28(23)34)18-14-12-16-8-6-10-20-22(16)26(18)32-30(3,4)36-20/h5-14,23-24,27-28,31-34H,1-4H3. The number of aliphatic hydroxyl groups excluding tert-OH is 2. The smallest absolute Gasteiger partial charge is 0.175 e. The van der Waals surface area contributed by atoms with Crippen molar-refractivity contribution in [1.82, 2.24) is 0 Å². The van der Waals surface area contributed by atoms with E-state index < -0.39 is 35.5 Å². The van der Waals surface area contributed by atoms with Crippen molar-refractivity contribution in [3.8, 4) is 11.5 Å². The third-order valence-electron chi connectivity index (χ3n) is 7.85. The van der Waals surface area contributed by atoms with Gasteiger partial charge in [0.25, 0.3) is 0 Å². The molecular weight excluding hydrogens is 452 g/mol. The molecule has 4 N–H and O–H groups in total. The van der Waals surface area contributed by atoms with Crippen LogP contribution in [0.2, 0.25) is 0 Å². The molecule has 3 aliphatic rings. The summed E-state index contributed by atoms with van der Waals surface area (Å²) >= 11 is 0. The van der Waals surface area contributed by atoms with Gasteiger partial charge in [0.2, 0.25) is 0 Å². The lowest BCUT2D eigenvalue weighted by atomic mass is 9.62. The Kier molecular flexibility index (Phi) is 4.27. The van der Waals surface area contributed by atoms with Crippen LogP contribution in [0, 0.1) is 0 Å². The monoisotopic (exact) mass is 482 g/mol. The van der Waals surface area contributed by atoms with E-state index in [-0.39, 0.29) is 0 Å². The van der Waals surface area contributed by atoms with Gasteiger partial charge in [-0.1, -0.05) is 48.5 Å². The molecule has 7 rings (SSSR count). The molecule has 2 heterocycles. The molecule has 6 nitrogen and oxygen atoms in total. The normalized spacial score (nSPS) is 26.8. The quantitative estimate of drug-likeness (QED) is 0.294. The minimum Gasteiger partial charge on any atom is -0.468 e. The highest BCUT2D eigenvalue weighted by Crippen LogP contribution is 2.55. The van der Waals surface area contributed by atoms with Gasteiger partial charge in [-0.15, -0.1) is 0 Å². The summed E-state index contributed by atoms with van der Waals surface area (Å²) in [7, 11) is 0. The predicted molar refractivity (Wildman–Crippen MR) is 142 cm³/mol. The van der Waals surface area contributed by atoms with E-state index in [2.05, 4.69) is 22.8 Å². The molecule has 184 valence electrons. The van der Waals surface area contributed by atoms with Crippen LogP contribution in [0.4, 0.5) is 11.4 Å². The Morgan fingerprint density at radius 1 is 0.611 bits per heavy atom. The van der Waals surface area contributed by atoms with Gasteiger partial charge < -0.3 is 30.3 Å². The molecular formula is C30H30N2O4. The van der Waals surface area contributed by atoms with E-state index in [1.54, 1.807) is 0 Å². The van der Waals surface area contributed by atoms with Crippen LogP contribution in [0.5, 0.6) is 11.5 Å². The van der Waals surface area contributed by atoms with Gasteiger partial charge in [0, 0.05) is 22.6 Å². The van der Waals surface area contributed by atoms with Gasteiger partial charge in [-0.3, -0.25) is 0 Å². The first kappa shape index (κ1) is 21.8. The number of ether oxygens (including phenoxy) is 2. The SMILES string of the molecule is CC1(C)Nc2c(C3C(O)C(c4ccc5cccc6c5c4NC(C)(C)O6)C3O)ccc3cccc(c23)O1. The molecule has 6 heteroatoms. The molecule has 4 aromatic carbocycles. The number of benzene rings is 4. The summed E-state index contributed by atoms with van der Waals surface area (Å²) in [6, 6.07) is 20.2. The Hall–Kier alpha value is -3.48. The van der Waals surface area contributed by atoms with Crippen molar-refractivity contribution in [1.29, 1.82) is 0 Å². The lowest BCUT2D eigenvalue weighted by Crippen LogP contribution is -2.53. The minimum atomic E-state index is -0.748. The second-order valence-corrected chi connectivity index (χ2v) is 11.3. The maximum absolute atomic E-state index is 11.6. The van der Waals surface area contributed by atoms with E-state index in [4.69, 9.17) is 9.47 Å². The van der Waals surface area contributed by atoms with Crippen molar-refractivity contribution in [3.05, 3.63) is 71.8 Å². The maximum Gasteiger partial charge on any atom is 0.175 e. The van der Waals surface area contributed by atoms with Crippen LogP contribution in [0.3, 0.4) is 0 Å². The van der Waals surface area contributed by atoms with Crippen LogP contribution in [0.25, 0.3) is 21.5 Å². The van der Waals surface area contributed by atoms with Crippen molar-refractivity contribution in [3.63, 3.8) is 0 Å². The lowest BCUT2D eigenvalue weighted by molar-refractivity contribution is -0.0782. The molecule has 0 bridgehead atoms. The van der Waals surface area contributed by atoms with Gasteiger partial charge in [0.05, 0.1) is 23.6 Å².